The number of unbranched alkanes of at least 4 members (excludes halogenated alkanes) is 6. The lowest BCUT2D eigenvalue weighted by Crippen LogP contribution is -2.23. The highest BCUT2D eigenvalue weighted by atomic mass is 16.2. The van der Waals surface area contributed by atoms with Gasteiger partial charge in [-0.05, 0) is 31.2 Å². The van der Waals surface area contributed by atoms with Gasteiger partial charge in [-0.3, -0.25) is 4.79 Å². The molecule has 0 saturated carbocycles. The zero-order valence-corrected chi connectivity index (χ0v) is 14.3. The van der Waals surface area contributed by atoms with Gasteiger partial charge in [-0.25, -0.2) is 0 Å². The molecule has 0 fully saturated rings. The third-order valence-electron chi connectivity index (χ3n) is 4.01. The first-order valence-electron chi connectivity index (χ1n) is 8.61. The molecular weight excluding hydrogens is 270 g/mol. The number of carbonyl (C=O) groups is 1. The van der Waals surface area contributed by atoms with Gasteiger partial charge in [0, 0.05) is 20.5 Å². The van der Waals surface area contributed by atoms with E-state index in [4.69, 9.17) is 0 Å². The Morgan fingerprint density at radius 3 is 2.27 bits per heavy atom. The van der Waals surface area contributed by atoms with Crippen molar-refractivity contribution in [1.82, 2.24) is 4.90 Å². The Morgan fingerprint density at radius 1 is 0.955 bits per heavy atom. The molecule has 1 rings (SSSR count). The summed E-state index contributed by atoms with van der Waals surface area (Å²) in [5.41, 5.74) is 1.46. The van der Waals surface area contributed by atoms with Crippen LogP contribution in [0.2, 0.25) is 0 Å². The molecule has 0 unspecified atom stereocenters. The number of hydrogen-bond acceptors (Lipinski definition) is 1. The summed E-state index contributed by atoms with van der Waals surface area (Å²) in [5.74, 6) is 0.125. The monoisotopic (exact) mass is 301 g/mol. The fraction of sp³-hybridized carbons (Fsp3) is 0.550. The van der Waals surface area contributed by atoms with Crippen molar-refractivity contribution in [3.05, 3.63) is 48.0 Å². The van der Waals surface area contributed by atoms with Gasteiger partial charge in [0.2, 0.25) is 5.91 Å². The molecule has 122 valence electrons. The summed E-state index contributed by atoms with van der Waals surface area (Å²) in [6.07, 6.45) is 14.6. The van der Waals surface area contributed by atoms with Crippen LogP contribution in [-0.2, 0) is 11.2 Å². The summed E-state index contributed by atoms with van der Waals surface area (Å²) in [6, 6.07) is 10.8. The van der Waals surface area contributed by atoms with E-state index in [1.807, 2.05) is 7.05 Å². The maximum atomic E-state index is 11.0. The first kappa shape index (κ1) is 18.5. The third-order valence-corrected chi connectivity index (χ3v) is 4.01. The van der Waals surface area contributed by atoms with E-state index in [-0.39, 0.29) is 5.91 Å². The highest BCUT2D eigenvalue weighted by molar-refractivity contribution is 5.72. The molecule has 0 radical (unpaired) electrons. The van der Waals surface area contributed by atoms with Crippen molar-refractivity contribution >= 4 is 5.91 Å². The lowest BCUT2D eigenvalue weighted by molar-refractivity contribution is -0.127. The van der Waals surface area contributed by atoms with Gasteiger partial charge in [-0.2, -0.15) is 0 Å². The maximum Gasteiger partial charge on any atom is 0.219 e. The highest BCUT2D eigenvalue weighted by Gasteiger charge is 1.97. The second kappa shape index (κ2) is 12.0. The molecule has 0 heterocycles. The van der Waals surface area contributed by atoms with E-state index in [9.17, 15) is 4.79 Å². The van der Waals surface area contributed by atoms with Crippen molar-refractivity contribution < 1.29 is 4.79 Å². The van der Waals surface area contributed by atoms with Crippen LogP contribution in [0.3, 0.4) is 0 Å². The van der Waals surface area contributed by atoms with Crippen LogP contribution in [0.1, 0.15) is 57.4 Å². The van der Waals surface area contributed by atoms with Crippen LogP contribution in [0.5, 0.6) is 0 Å². The molecule has 0 saturated heterocycles. The Kier molecular flexibility index (Phi) is 10.1. The summed E-state index contributed by atoms with van der Waals surface area (Å²) >= 11 is 0. The fourth-order valence-electron chi connectivity index (χ4n) is 2.42. The summed E-state index contributed by atoms with van der Waals surface area (Å²) in [6.45, 7) is 2.33. The molecule has 22 heavy (non-hydrogen) atoms. The maximum absolute atomic E-state index is 11.0. The number of aryl methyl sites for hydroxylation is 1. The molecule has 0 aromatic heterocycles. The largest absolute Gasteiger partial charge is 0.342 e. The number of hydrogen-bond donors (Lipinski definition) is 0. The Morgan fingerprint density at radius 2 is 1.59 bits per heavy atom. The van der Waals surface area contributed by atoms with Gasteiger partial charge >= 0.3 is 0 Å². The molecule has 1 aromatic rings. The standard InChI is InChI=1S/C20H31NO/c1-19(22)21(2)18-14-9-7-5-3-4-6-8-11-15-20-16-12-10-13-17-20/h9-10,12-14,16-17H,3-8,11,15,18H2,1-2H3/b14-9+. The van der Waals surface area contributed by atoms with Crippen molar-refractivity contribution in [3.63, 3.8) is 0 Å². The number of amides is 1. The van der Waals surface area contributed by atoms with Gasteiger partial charge in [-0.1, -0.05) is 68.2 Å². The van der Waals surface area contributed by atoms with Crippen LogP contribution < -0.4 is 0 Å². The lowest BCUT2D eigenvalue weighted by atomic mass is 10.0. The lowest BCUT2D eigenvalue weighted by Gasteiger charge is -2.10. The zero-order valence-electron chi connectivity index (χ0n) is 14.3. The first-order chi connectivity index (χ1) is 10.7. The zero-order chi connectivity index (χ0) is 16.0. The smallest absolute Gasteiger partial charge is 0.219 e. The molecule has 0 bridgehead atoms. The van der Waals surface area contributed by atoms with Gasteiger partial charge in [-0.15, -0.1) is 0 Å². The summed E-state index contributed by atoms with van der Waals surface area (Å²) in [7, 11) is 1.84. The molecule has 1 aromatic carbocycles. The molecule has 0 aliphatic heterocycles. The van der Waals surface area contributed by atoms with Gasteiger partial charge in [0.15, 0.2) is 0 Å². The minimum atomic E-state index is 0.125. The molecule has 1 amide bonds. The van der Waals surface area contributed by atoms with Gasteiger partial charge in [0.05, 0.1) is 0 Å². The Balaban J connectivity index is 1.87. The Bertz CT molecular complexity index is 425. The number of benzene rings is 1. The molecule has 0 spiro atoms. The van der Waals surface area contributed by atoms with E-state index in [2.05, 4.69) is 42.5 Å². The normalized spacial score (nSPS) is 11.0. The topological polar surface area (TPSA) is 20.3 Å². The number of likely N-dealkylation sites (N-methyl/N-ethyl adjacent to an activating group) is 1. The predicted molar refractivity (Wildman–Crippen MR) is 94.9 cm³/mol. The summed E-state index contributed by atoms with van der Waals surface area (Å²) in [5, 5.41) is 0. The average Bonchev–Trinajstić information content (AvgIpc) is 2.53. The van der Waals surface area contributed by atoms with E-state index in [1.165, 1.54) is 50.5 Å². The van der Waals surface area contributed by atoms with Crippen molar-refractivity contribution in [3.8, 4) is 0 Å². The number of allylic oxidation sites excluding steroid dienone is 1. The SMILES string of the molecule is CC(=O)N(C)C/C=C/CCCCCCCCc1ccccc1. The van der Waals surface area contributed by atoms with Gasteiger partial charge in [0.1, 0.15) is 0 Å². The van der Waals surface area contributed by atoms with E-state index < -0.39 is 0 Å². The van der Waals surface area contributed by atoms with Crippen LogP contribution >= 0.6 is 0 Å². The summed E-state index contributed by atoms with van der Waals surface area (Å²) < 4.78 is 0. The van der Waals surface area contributed by atoms with Crippen LogP contribution in [0, 0.1) is 0 Å². The number of nitrogens with zero attached hydrogens (tertiary/aromatic N) is 1. The minimum Gasteiger partial charge on any atom is -0.342 e. The van der Waals surface area contributed by atoms with E-state index in [0.29, 0.717) is 0 Å². The van der Waals surface area contributed by atoms with E-state index >= 15 is 0 Å². The molecule has 0 aliphatic carbocycles. The highest BCUT2D eigenvalue weighted by Crippen LogP contribution is 2.10. The fourth-order valence-corrected chi connectivity index (χ4v) is 2.42. The molecule has 0 aliphatic rings. The van der Waals surface area contributed by atoms with Crippen molar-refractivity contribution in [2.45, 2.75) is 58.3 Å². The number of rotatable bonds is 11. The Hall–Kier alpha value is -1.57. The molecule has 2 nitrogen and oxygen atoms in total. The summed E-state index contributed by atoms with van der Waals surface area (Å²) in [4.78, 5) is 12.7. The molecule has 2 heteroatoms. The first-order valence-corrected chi connectivity index (χ1v) is 8.61. The minimum absolute atomic E-state index is 0.125. The average molecular weight is 301 g/mol. The second-order valence-corrected chi connectivity index (χ2v) is 6.02. The molecular formula is C20H31NO. The van der Waals surface area contributed by atoms with Crippen molar-refractivity contribution in [1.29, 1.82) is 0 Å². The third kappa shape index (κ3) is 9.38. The second-order valence-electron chi connectivity index (χ2n) is 6.02. The quantitative estimate of drug-likeness (QED) is 0.416. The van der Waals surface area contributed by atoms with Crippen LogP contribution in [0.4, 0.5) is 0 Å². The van der Waals surface area contributed by atoms with Gasteiger partial charge in [0.25, 0.3) is 0 Å². The predicted octanol–water partition coefficient (Wildman–Crippen LogP) is 4.99. The van der Waals surface area contributed by atoms with Gasteiger partial charge < -0.3 is 4.90 Å². The molecule has 0 N–H and O–H groups in total. The van der Waals surface area contributed by atoms with E-state index in [0.717, 1.165) is 13.0 Å². The molecule has 0 atom stereocenters. The Labute approximate surface area is 136 Å². The van der Waals surface area contributed by atoms with Crippen molar-refractivity contribution in [2.75, 3.05) is 13.6 Å². The van der Waals surface area contributed by atoms with Crippen LogP contribution in [0.15, 0.2) is 42.5 Å². The van der Waals surface area contributed by atoms with E-state index in [1.54, 1.807) is 11.8 Å². The number of carbonyl (C=O) groups excluding carboxylic acids is 1. The van der Waals surface area contributed by atoms with Crippen LogP contribution in [-0.4, -0.2) is 24.4 Å². The van der Waals surface area contributed by atoms with Crippen molar-refractivity contribution in [2.24, 2.45) is 0 Å². The van der Waals surface area contributed by atoms with Crippen LogP contribution in [0.25, 0.3) is 0 Å².